The summed E-state index contributed by atoms with van der Waals surface area (Å²) in [5, 5.41) is 11.0. The zero-order valence-electron chi connectivity index (χ0n) is 13.8. The predicted molar refractivity (Wildman–Crippen MR) is 104 cm³/mol. The van der Waals surface area contributed by atoms with E-state index in [0.29, 0.717) is 18.8 Å². The molecule has 0 spiro atoms. The largest absolute Gasteiger partial charge is 0.377 e. The van der Waals surface area contributed by atoms with Gasteiger partial charge in [0.1, 0.15) is 0 Å². The molecule has 0 N–H and O–H groups in total. The molecule has 0 aliphatic heterocycles. The average Bonchev–Trinajstić information content (AvgIpc) is 2.64. The van der Waals surface area contributed by atoms with E-state index in [-0.39, 0.29) is 0 Å². The van der Waals surface area contributed by atoms with E-state index < -0.39 is 0 Å². The Kier molecular flexibility index (Phi) is 7.89. The van der Waals surface area contributed by atoms with E-state index >= 15 is 0 Å². The van der Waals surface area contributed by atoms with E-state index in [9.17, 15) is 0 Å². The van der Waals surface area contributed by atoms with Gasteiger partial charge in [-0.15, -0.1) is 11.8 Å². The molecule has 2 rings (SSSR count). The minimum absolute atomic E-state index is 0.606. The molecule has 0 aromatic heterocycles. The monoisotopic (exact) mass is 335 g/mol. The van der Waals surface area contributed by atoms with Crippen LogP contribution >= 0.6 is 11.8 Å². The van der Waals surface area contributed by atoms with E-state index in [4.69, 9.17) is 10.00 Å². The van der Waals surface area contributed by atoms with Gasteiger partial charge in [0.2, 0.25) is 0 Å². The molecular weight excluding hydrogens is 314 g/mol. The molecule has 2 aromatic carbocycles. The Bertz CT molecular complexity index is 712. The van der Waals surface area contributed by atoms with Gasteiger partial charge < -0.3 is 4.74 Å². The van der Waals surface area contributed by atoms with Crippen molar-refractivity contribution in [2.24, 2.45) is 0 Å². The van der Waals surface area contributed by atoms with Crippen molar-refractivity contribution in [2.75, 3.05) is 19.5 Å². The molecule has 0 fully saturated rings. The molecular formula is C21H21NOS. The van der Waals surface area contributed by atoms with Crippen LogP contribution in [0, 0.1) is 11.3 Å². The summed E-state index contributed by atoms with van der Waals surface area (Å²) >= 11 is 1.68. The van der Waals surface area contributed by atoms with Crippen LogP contribution < -0.4 is 0 Å². The lowest BCUT2D eigenvalue weighted by Gasteiger charge is -2.08. The second kappa shape index (κ2) is 10.5. The Hall–Kier alpha value is -2.28. The highest BCUT2D eigenvalue weighted by molar-refractivity contribution is 8.01. The Morgan fingerprint density at radius 2 is 1.88 bits per heavy atom. The molecule has 0 atom stereocenters. The van der Waals surface area contributed by atoms with Gasteiger partial charge in [0.05, 0.1) is 24.8 Å². The van der Waals surface area contributed by atoms with Crippen LogP contribution in [0.2, 0.25) is 0 Å². The summed E-state index contributed by atoms with van der Waals surface area (Å²) in [5.74, 6) is 0. The molecule has 24 heavy (non-hydrogen) atoms. The van der Waals surface area contributed by atoms with Crippen LogP contribution in [0.5, 0.6) is 0 Å². The van der Waals surface area contributed by atoms with Gasteiger partial charge in [0.25, 0.3) is 0 Å². The quantitative estimate of drug-likeness (QED) is 0.607. The van der Waals surface area contributed by atoms with Crippen LogP contribution in [0.15, 0.2) is 66.1 Å². The second-order valence-corrected chi connectivity index (χ2v) is 5.91. The number of ether oxygens (including phenoxy) is 1. The molecule has 0 radical (unpaired) electrons. The molecule has 0 saturated heterocycles. The highest BCUT2D eigenvalue weighted by Gasteiger charge is 2.02. The summed E-state index contributed by atoms with van der Waals surface area (Å²) in [6, 6.07) is 20.0. The number of hydrogen-bond acceptors (Lipinski definition) is 3. The maximum Gasteiger partial charge on any atom is 0.0991 e. The van der Waals surface area contributed by atoms with Crippen molar-refractivity contribution < 1.29 is 4.74 Å². The molecule has 2 aromatic rings. The lowest BCUT2D eigenvalue weighted by Crippen LogP contribution is -1.96. The SMILES string of the molecule is CS/C=C(/CCOC/C=C/c1ccccc1)c1ccc(C#N)cc1. The smallest absolute Gasteiger partial charge is 0.0991 e. The fourth-order valence-corrected chi connectivity index (χ4v) is 2.79. The summed E-state index contributed by atoms with van der Waals surface area (Å²) in [5.41, 5.74) is 4.25. The minimum Gasteiger partial charge on any atom is -0.377 e. The summed E-state index contributed by atoms with van der Waals surface area (Å²) in [6.45, 7) is 1.28. The van der Waals surface area contributed by atoms with Crippen LogP contribution in [0.25, 0.3) is 11.6 Å². The van der Waals surface area contributed by atoms with Crippen molar-refractivity contribution in [2.45, 2.75) is 6.42 Å². The highest BCUT2D eigenvalue weighted by atomic mass is 32.2. The Morgan fingerprint density at radius 3 is 2.54 bits per heavy atom. The number of thioether (sulfide) groups is 1. The molecule has 0 amide bonds. The molecule has 0 unspecified atom stereocenters. The third kappa shape index (κ3) is 6.08. The van der Waals surface area contributed by atoms with Crippen LogP contribution in [-0.2, 0) is 4.74 Å². The standard InChI is InChI=1S/C21H21NOS/c1-24-17-21(20-11-9-19(16-22)10-12-20)13-15-23-14-5-8-18-6-3-2-4-7-18/h2-12,17H,13-15H2,1H3/b8-5+,21-17-. The van der Waals surface area contributed by atoms with Crippen molar-refractivity contribution in [1.82, 2.24) is 0 Å². The Morgan fingerprint density at radius 1 is 1.12 bits per heavy atom. The van der Waals surface area contributed by atoms with Crippen molar-refractivity contribution >= 4 is 23.4 Å². The van der Waals surface area contributed by atoms with E-state index in [0.717, 1.165) is 12.0 Å². The van der Waals surface area contributed by atoms with Crippen molar-refractivity contribution in [3.63, 3.8) is 0 Å². The molecule has 2 nitrogen and oxygen atoms in total. The van der Waals surface area contributed by atoms with Crippen LogP contribution in [0.3, 0.4) is 0 Å². The highest BCUT2D eigenvalue weighted by Crippen LogP contribution is 2.21. The van der Waals surface area contributed by atoms with Gasteiger partial charge in [-0.1, -0.05) is 54.6 Å². The third-order valence-corrected chi connectivity index (χ3v) is 4.00. The van der Waals surface area contributed by atoms with Gasteiger partial charge in [-0.3, -0.25) is 0 Å². The van der Waals surface area contributed by atoms with Crippen LogP contribution in [0.4, 0.5) is 0 Å². The number of nitriles is 1. The van der Waals surface area contributed by atoms with E-state index in [1.54, 1.807) is 11.8 Å². The van der Waals surface area contributed by atoms with Crippen molar-refractivity contribution in [3.8, 4) is 6.07 Å². The third-order valence-electron chi connectivity index (χ3n) is 3.48. The topological polar surface area (TPSA) is 33.0 Å². The summed E-state index contributed by atoms with van der Waals surface area (Å²) in [4.78, 5) is 0. The van der Waals surface area contributed by atoms with Crippen molar-refractivity contribution in [3.05, 3.63) is 82.8 Å². The zero-order valence-corrected chi connectivity index (χ0v) is 14.6. The normalized spacial score (nSPS) is 11.6. The first-order chi connectivity index (χ1) is 11.8. The molecule has 0 aliphatic carbocycles. The zero-order chi connectivity index (χ0) is 17.0. The van der Waals surface area contributed by atoms with E-state index in [1.165, 1.54) is 11.1 Å². The number of hydrogen-bond donors (Lipinski definition) is 0. The first-order valence-corrected chi connectivity index (χ1v) is 9.14. The molecule has 122 valence electrons. The molecule has 0 heterocycles. The first-order valence-electron chi connectivity index (χ1n) is 7.85. The van der Waals surface area contributed by atoms with Gasteiger partial charge in [0, 0.05) is 0 Å². The van der Waals surface area contributed by atoms with Gasteiger partial charge in [0.15, 0.2) is 0 Å². The summed E-state index contributed by atoms with van der Waals surface area (Å²) < 4.78 is 5.71. The van der Waals surface area contributed by atoms with Gasteiger partial charge in [-0.25, -0.2) is 0 Å². The molecule has 0 saturated carbocycles. The minimum atomic E-state index is 0.606. The van der Waals surface area contributed by atoms with E-state index in [2.05, 4.69) is 29.7 Å². The Balaban J connectivity index is 1.80. The first kappa shape index (κ1) is 18.1. The summed E-state index contributed by atoms with van der Waals surface area (Å²) in [6.07, 6.45) is 7.01. The van der Waals surface area contributed by atoms with Gasteiger partial charge >= 0.3 is 0 Å². The van der Waals surface area contributed by atoms with Crippen LogP contribution in [0.1, 0.15) is 23.1 Å². The summed E-state index contributed by atoms with van der Waals surface area (Å²) in [7, 11) is 0. The fourth-order valence-electron chi connectivity index (χ4n) is 2.25. The maximum absolute atomic E-state index is 8.88. The average molecular weight is 335 g/mol. The van der Waals surface area contributed by atoms with Gasteiger partial charge in [-0.2, -0.15) is 5.26 Å². The lowest BCUT2D eigenvalue weighted by atomic mass is 10.0. The molecule has 3 heteroatoms. The van der Waals surface area contributed by atoms with E-state index in [1.807, 2.05) is 54.8 Å². The molecule has 0 bridgehead atoms. The number of nitrogens with zero attached hydrogens (tertiary/aromatic N) is 1. The fraction of sp³-hybridized carbons (Fsp3) is 0.190. The Labute approximate surface area is 148 Å². The lowest BCUT2D eigenvalue weighted by molar-refractivity contribution is 0.169. The number of benzene rings is 2. The molecule has 0 aliphatic rings. The number of rotatable bonds is 8. The van der Waals surface area contributed by atoms with Crippen molar-refractivity contribution in [1.29, 1.82) is 5.26 Å². The second-order valence-electron chi connectivity index (χ2n) is 5.21. The predicted octanol–water partition coefficient (Wildman–Crippen LogP) is 5.38. The van der Waals surface area contributed by atoms with Gasteiger partial charge in [-0.05, 0) is 46.9 Å². The maximum atomic E-state index is 8.88. The van der Waals surface area contributed by atoms with Crippen LogP contribution in [-0.4, -0.2) is 19.5 Å².